The number of benzene rings is 2. The van der Waals surface area contributed by atoms with Gasteiger partial charge in [-0.3, -0.25) is 35.5 Å². The van der Waals surface area contributed by atoms with Gasteiger partial charge in [0.2, 0.25) is 0 Å². The van der Waals surface area contributed by atoms with Gasteiger partial charge in [-0.05, 0) is 31.2 Å². The molecule has 2 aromatic carbocycles. The fourth-order valence-corrected chi connectivity index (χ4v) is 3.45. The number of nitrogens with zero attached hydrogens (tertiary/aromatic N) is 1. The molecular formula is C24H22N4O8. The zero-order valence-electron chi connectivity index (χ0n) is 19.5. The van der Waals surface area contributed by atoms with Crippen LogP contribution >= 0.6 is 0 Å². The van der Waals surface area contributed by atoms with Crippen molar-refractivity contribution in [2.24, 2.45) is 0 Å². The number of furan rings is 2. The highest BCUT2D eigenvalue weighted by atomic mass is 16.5. The molecule has 186 valence electrons. The molecule has 3 N–H and O–H groups in total. The molecule has 2 heterocycles. The number of hydrazine groups is 2. The fourth-order valence-electron chi connectivity index (χ4n) is 3.45. The Hall–Kier alpha value is -5.00. The van der Waals surface area contributed by atoms with Gasteiger partial charge in [0, 0.05) is 18.7 Å². The minimum atomic E-state index is -1.19. The molecule has 12 nitrogen and oxygen atoms in total. The topological polar surface area (TPSA) is 152 Å². The number of amides is 4. The normalized spacial score (nSPS) is 10.6. The van der Waals surface area contributed by atoms with Crippen molar-refractivity contribution in [2.75, 3.05) is 20.8 Å². The van der Waals surface area contributed by atoms with E-state index in [2.05, 4.69) is 10.9 Å². The first kappa shape index (κ1) is 24.1. The Bertz CT molecular complexity index is 1470. The van der Waals surface area contributed by atoms with E-state index in [-0.39, 0.29) is 18.1 Å². The lowest BCUT2D eigenvalue weighted by Gasteiger charge is -2.20. The van der Waals surface area contributed by atoms with E-state index in [0.717, 1.165) is 5.01 Å². The predicted molar refractivity (Wildman–Crippen MR) is 126 cm³/mol. The van der Waals surface area contributed by atoms with Crippen LogP contribution in [0.1, 0.15) is 28.0 Å². The molecule has 0 unspecified atom stereocenters. The van der Waals surface area contributed by atoms with Crippen LogP contribution in [-0.2, 0) is 9.59 Å². The fraction of sp³-hybridized carbons (Fsp3) is 0.167. The molecule has 0 saturated heterocycles. The van der Waals surface area contributed by atoms with Gasteiger partial charge < -0.3 is 18.3 Å². The lowest BCUT2D eigenvalue weighted by Crippen LogP contribution is -2.54. The van der Waals surface area contributed by atoms with Gasteiger partial charge in [0.25, 0.3) is 0 Å². The SMILES string of the molecule is CCN(NC(=O)c1cc2c(OC)cccc2o1)C(=O)C(=O)NNC(=O)c1cc2c(OC)cccc2o1. The van der Waals surface area contributed by atoms with Crippen molar-refractivity contribution < 1.29 is 37.5 Å². The third-order valence-electron chi connectivity index (χ3n) is 5.21. The zero-order chi connectivity index (χ0) is 25.8. The number of rotatable bonds is 5. The number of likely N-dealkylation sites (N-methyl/N-ethyl adjacent to an activating group) is 1. The summed E-state index contributed by atoms with van der Waals surface area (Å²) in [5, 5.41) is 1.92. The average molecular weight is 494 g/mol. The number of ether oxygens (including phenoxy) is 2. The highest BCUT2D eigenvalue weighted by Gasteiger charge is 2.25. The van der Waals surface area contributed by atoms with E-state index in [1.807, 2.05) is 5.43 Å². The maximum absolute atomic E-state index is 12.6. The summed E-state index contributed by atoms with van der Waals surface area (Å²) in [5.74, 6) is -3.03. The van der Waals surface area contributed by atoms with Gasteiger partial charge in [0.15, 0.2) is 11.5 Å². The second-order valence-corrected chi connectivity index (χ2v) is 7.36. The van der Waals surface area contributed by atoms with Crippen LogP contribution in [0.15, 0.2) is 57.4 Å². The van der Waals surface area contributed by atoms with E-state index in [9.17, 15) is 19.2 Å². The van der Waals surface area contributed by atoms with Gasteiger partial charge in [-0.2, -0.15) is 0 Å². The Morgan fingerprint density at radius 2 is 1.33 bits per heavy atom. The molecule has 0 fully saturated rings. The van der Waals surface area contributed by atoms with Crippen LogP contribution in [0.3, 0.4) is 0 Å². The third-order valence-corrected chi connectivity index (χ3v) is 5.21. The minimum Gasteiger partial charge on any atom is -0.496 e. The summed E-state index contributed by atoms with van der Waals surface area (Å²) in [6.45, 7) is 1.51. The van der Waals surface area contributed by atoms with E-state index in [4.69, 9.17) is 18.3 Å². The van der Waals surface area contributed by atoms with Gasteiger partial charge in [-0.1, -0.05) is 12.1 Å². The number of carbonyl (C=O) groups is 4. The van der Waals surface area contributed by atoms with Crippen LogP contribution in [0.5, 0.6) is 11.5 Å². The standard InChI is InChI=1S/C24H22N4O8/c1-4-28(27-22(30)20-12-14-16(34-3)8-6-10-18(14)36-20)24(32)23(31)26-25-21(29)19-11-13-15(33-2)7-5-9-17(13)35-19/h5-12H,4H2,1-3H3,(H,25,29)(H,26,31)(H,27,30). The Morgan fingerprint density at radius 3 is 1.83 bits per heavy atom. The molecule has 4 amide bonds. The second-order valence-electron chi connectivity index (χ2n) is 7.36. The largest absolute Gasteiger partial charge is 0.496 e. The van der Waals surface area contributed by atoms with Crippen molar-refractivity contribution in [3.05, 3.63) is 60.1 Å². The average Bonchev–Trinajstić information content (AvgIpc) is 3.54. The smallest absolute Gasteiger partial charge is 0.332 e. The van der Waals surface area contributed by atoms with Crippen molar-refractivity contribution in [3.8, 4) is 11.5 Å². The molecular weight excluding hydrogens is 472 g/mol. The predicted octanol–water partition coefficient (Wildman–Crippen LogP) is 2.15. The third kappa shape index (κ3) is 4.64. The van der Waals surface area contributed by atoms with Crippen LogP contribution in [0.2, 0.25) is 0 Å². The molecule has 0 atom stereocenters. The van der Waals surface area contributed by atoms with Crippen LogP contribution in [-0.4, -0.2) is 49.4 Å². The number of carbonyl (C=O) groups excluding carboxylic acids is 4. The molecule has 0 aliphatic carbocycles. The van der Waals surface area contributed by atoms with Crippen molar-refractivity contribution in [2.45, 2.75) is 6.92 Å². The van der Waals surface area contributed by atoms with E-state index >= 15 is 0 Å². The monoisotopic (exact) mass is 494 g/mol. The van der Waals surface area contributed by atoms with E-state index in [0.29, 0.717) is 33.4 Å². The van der Waals surface area contributed by atoms with Crippen molar-refractivity contribution >= 4 is 45.6 Å². The first-order valence-corrected chi connectivity index (χ1v) is 10.7. The van der Waals surface area contributed by atoms with Gasteiger partial charge in [-0.15, -0.1) is 0 Å². The maximum atomic E-state index is 12.6. The molecule has 4 rings (SSSR count). The minimum absolute atomic E-state index is 0.0428. The Morgan fingerprint density at radius 1 is 0.806 bits per heavy atom. The maximum Gasteiger partial charge on any atom is 0.332 e. The lowest BCUT2D eigenvalue weighted by molar-refractivity contribution is -0.147. The van der Waals surface area contributed by atoms with Gasteiger partial charge in [-0.25, -0.2) is 5.01 Å². The summed E-state index contributed by atoms with van der Waals surface area (Å²) in [6, 6.07) is 13.0. The second kappa shape index (κ2) is 10.1. The Balaban J connectivity index is 1.39. The van der Waals surface area contributed by atoms with Crippen molar-refractivity contribution in [1.29, 1.82) is 0 Å². The summed E-state index contributed by atoms with van der Waals surface area (Å²) >= 11 is 0. The number of nitrogens with one attached hydrogen (secondary N) is 3. The van der Waals surface area contributed by atoms with E-state index < -0.39 is 23.6 Å². The van der Waals surface area contributed by atoms with E-state index in [1.54, 1.807) is 43.3 Å². The molecule has 0 saturated carbocycles. The number of fused-ring (bicyclic) bond motifs is 2. The van der Waals surface area contributed by atoms with Crippen LogP contribution in [0.4, 0.5) is 0 Å². The zero-order valence-corrected chi connectivity index (χ0v) is 19.5. The molecule has 0 aliphatic heterocycles. The van der Waals surface area contributed by atoms with Crippen LogP contribution in [0.25, 0.3) is 21.9 Å². The molecule has 0 aliphatic rings. The van der Waals surface area contributed by atoms with Gasteiger partial charge in [0.05, 0.1) is 25.0 Å². The molecule has 0 spiro atoms. The van der Waals surface area contributed by atoms with Crippen molar-refractivity contribution in [3.63, 3.8) is 0 Å². The molecule has 2 aromatic heterocycles. The summed E-state index contributed by atoms with van der Waals surface area (Å²) in [4.78, 5) is 49.9. The van der Waals surface area contributed by atoms with Crippen LogP contribution in [0, 0.1) is 0 Å². The Kier molecular flexibility index (Phi) is 6.77. The summed E-state index contributed by atoms with van der Waals surface area (Å²) < 4.78 is 21.4. The molecule has 4 aromatic rings. The van der Waals surface area contributed by atoms with Gasteiger partial charge >= 0.3 is 23.6 Å². The number of hydrogen-bond acceptors (Lipinski definition) is 8. The highest BCUT2D eigenvalue weighted by molar-refractivity contribution is 6.35. The van der Waals surface area contributed by atoms with E-state index in [1.165, 1.54) is 26.4 Å². The summed E-state index contributed by atoms with van der Waals surface area (Å²) in [6.07, 6.45) is 0. The molecule has 0 radical (unpaired) electrons. The molecule has 12 heteroatoms. The quantitative estimate of drug-likeness (QED) is 0.282. The van der Waals surface area contributed by atoms with Gasteiger partial charge in [0.1, 0.15) is 22.7 Å². The van der Waals surface area contributed by atoms with Crippen LogP contribution < -0.4 is 25.8 Å². The first-order chi connectivity index (χ1) is 17.4. The molecule has 0 bridgehead atoms. The number of hydrogen-bond donors (Lipinski definition) is 3. The first-order valence-electron chi connectivity index (χ1n) is 10.7. The summed E-state index contributed by atoms with van der Waals surface area (Å²) in [7, 11) is 2.97. The summed E-state index contributed by atoms with van der Waals surface area (Å²) in [5.41, 5.74) is 7.25. The molecule has 36 heavy (non-hydrogen) atoms. The highest BCUT2D eigenvalue weighted by Crippen LogP contribution is 2.29. The number of methoxy groups -OCH3 is 2. The lowest BCUT2D eigenvalue weighted by atomic mass is 10.2. The Labute approximate surface area is 204 Å². The van der Waals surface area contributed by atoms with Crippen molar-refractivity contribution in [1.82, 2.24) is 21.3 Å².